The van der Waals surface area contributed by atoms with Crippen molar-refractivity contribution in [2.75, 3.05) is 18.5 Å². The molecule has 0 aliphatic rings. The van der Waals surface area contributed by atoms with Crippen LogP contribution in [0.2, 0.25) is 0 Å². The number of rotatable bonds is 6. The van der Waals surface area contributed by atoms with E-state index < -0.39 is 15.8 Å². The lowest BCUT2D eigenvalue weighted by Crippen LogP contribution is -2.40. The van der Waals surface area contributed by atoms with Crippen LogP contribution >= 0.6 is 0 Å². The Morgan fingerprint density at radius 1 is 1.09 bits per heavy atom. The fraction of sp³-hybridized carbons (Fsp3) is 0.250. The highest BCUT2D eigenvalue weighted by atomic mass is 32.2. The fourth-order valence-corrected chi connectivity index (χ4v) is 3.10. The second kappa shape index (κ2) is 6.89. The molecule has 2 rings (SSSR count). The van der Waals surface area contributed by atoms with Gasteiger partial charge in [0.2, 0.25) is 10.0 Å². The maximum Gasteiger partial charge on any atom is 0.240 e. The summed E-state index contributed by atoms with van der Waals surface area (Å²) in [5, 5.41) is 0. The van der Waals surface area contributed by atoms with E-state index in [0.29, 0.717) is 0 Å². The maximum absolute atomic E-state index is 12.9. The molecular weight excluding hydrogens is 303 g/mol. The Labute approximate surface area is 130 Å². The molecule has 0 aliphatic carbocycles. The first-order valence-electron chi connectivity index (χ1n) is 6.93. The smallest absolute Gasteiger partial charge is 0.240 e. The van der Waals surface area contributed by atoms with Crippen molar-refractivity contribution in [3.05, 3.63) is 60.4 Å². The van der Waals surface area contributed by atoms with E-state index >= 15 is 0 Å². The molecule has 0 spiro atoms. The topological polar surface area (TPSA) is 49.4 Å². The molecule has 2 aromatic carbocycles. The van der Waals surface area contributed by atoms with Gasteiger partial charge in [0, 0.05) is 25.3 Å². The van der Waals surface area contributed by atoms with Gasteiger partial charge in [0.1, 0.15) is 5.82 Å². The number of halogens is 1. The average Bonchev–Trinajstić information content (AvgIpc) is 2.53. The number of nitrogens with zero attached hydrogens (tertiary/aromatic N) is 1. The van der Waals surface area contributed by atoms with Gasteiger partial charge < -0.3 is 4.90 Å². The first-order chi connectivity index (χ1) is 10.4. The number of likely N-dealkylation sites (N-methyl/N-ethyl adjacent to an activating group) is 1. The van der Waals surface area contributed by atoms with Crippen molar-refractivity contribution >= 4 is 15.7 Å². The van der Waals surface area contributed by atoms with E-state index in [1.54, 1.807) is 0 Å². The highest BCUT2D eigenvalue weighted by Crippen LogP contribution is 2.14. The third kappa shape index (κ3) is 4.05. The summed E-state index contributed by atoms with van der Waals surface area (Å²) in [6.45, 7) is 2.19. The first-order valence-corrected chi connectivity index (χ1v) is 8.41. The minimum Gasteiger partial charge on any atom is -0.371 e. The zero-order chi connectivity index (χ0) is 16.2. The zero-order valence-corrected chi connectivity index (χ0v) is 13.3. The summed E-state index contributed by atoms with van der Waals surface area (Å²) >= 11 is 0. The fourth-order valence-electron chi connectivity index (χ4n) is 1.98. The average molecular weight is 322 g/mol. The molecule has 0 aromatic heterocycles. The van der Waals surface area contributed by atoms with Gasteiger partial charge in [-0.05, 0) is 43.3 Å². The molecule has 0 radical (unpaired) electrons. The van der Waals surface area contributed by atoms with Gasteiger partial charge in [0.15, 0.2) is 0 Å². The van der Waals surface area contributed by atoms with Gasteiger partial charge in [-0.3, -0.25) is 0 Å². The lowest BCUT2D eigenvalue weighted by molar-refractivity contribution is 0.569. The monoisotopic (exact) mass is 322 g/mol. The predicted molar refractivity (Wildman–Crippen MR) is 85.9 cm³/mol. The number of hydrogen-bond donors (Lipinski definition) is 1. The molecule has 1 atom stereocenters. The molecule has 0 amide bonds. The van der Waals surface area contributed by atoms with Crippen LogP contribution < -0.4 is 9.62 Å². The summed E-state index contributed by atoms with van der Waals surface area (Å²) in [6, 6.07) is 14.5. The molecule has 0 fully saturated rings. The van der Waals surface area contributed by atoms with E-state index in [9.17, 15) is 12.8 Å². The molecule has 6 heteroatoms. The van der Waals surface area contributed by atoms with E-state index in [1.165, 1.54) is 12.1 Å². The van der Waals surface area contributed by atoms with E-state index in [-0.39, 0.29) is 17.5 Å². The van der Waals surface area contributed by atoms with Crippen LogP contribution in [-0.4, -0.2) is 28.1 Å². The van der Waals surface area contributed by atoms with Crippen molar-refractivity contribution in [3.63, 3.8) is 0 Å². The number of benzene rings is 2. The molecule has 0 saturated heterocycles. The van der Waals surface area contributed by atoms with Crippen LogP contribution in [0.25, 0.3) is 0 Å². The Morgan fingerprint density at radius 3 is 2.27 bits per heavy atom. The molecule has 0 heterocycles. The van der Waals surface area contributed by atoms with Crippen molar-refractivity contribution in [1.82, 2.24) is 4.72 Å². The molecule has 118 valence electrons. The second-order valence-electron chi connectivity index (χ2n) is 5.10. The highest BCUT2D eigenvalue weighted by molar-refractivity contribution is 7.89. The molecule has 1 N–H and O–H groups in total. The normalized spacial score (nSPS) is 12.9. The third-order valence-corrected chi connectivity index (χ3v) is 4.96. The molecule has 4 nitrogen and oxygen atoms in total. The number of anilines is 1. The number of hydrogen-bond acceptors (Lipinski definition) is 3. The van der Waals surface area contributed by atoms with Crippen molar-refractivity contribution in [2.45, 2.75) is 17.9 Å². The molecule has 0 bridgehead atoms. The predicted octanol–water partition coefficient (Wildman–Crippen LogP) is 2.63. The lowest BCUT2D eigenvalue weighted by atomic mass is 10.2. The molecular formula is C16H19FN2O2S. The third-order valence-electron chi connectivity index (χ3n) is 3.52. The quantitative estimate of drug-likeness (QED) is 0.889. The summed E-state index contributed by atoms with van der Waals surface area (Å²) in [7, 11) is -1.72. The number of para-hydroxylation sites is 1. The minimum absolute atomic E-state index is 0.0300. The summed E-state index contributed by atoms with van der Waals surface area (Å²) in [5.41, 5.74) is 1.01. The maximum atomic E-state index is 12.9. The summed E-state index contributed by atoms with van der Waals surface area (Å²) in [4.78, 5) is 2.05. The van der Waals surface area contributed by atoms with Crippen molar-refractivity contribution in [2.24, 2.45) is 0 Å². The van der Waals surface area contributed by atoms with Crippen LogP contribution in [0.4, 0.5) is 10.1 Å². The van der Waals surface area contributed by atoms with Gasteiger partial charge in [0.25, 0.3) is 0 Å². The Hall–Kier alpha value is -1.92. The lowest BCUT2D eigenvalue weighted by Gasteiger charge is -2.27. The SMILES string of the molecule is C[C@H](CNS(=O)(=O)c1ccc(F)cc1)N(C)c1ccccc1. The van der Waals surface area contributed by atoms with Crippen molar-refractivity contribution in [1.29, 1.82) is 0 Å². The van der Waals surface area contributed by atoms with Gasteiger partial charge in [-0.25, -0.2) is 17.5 Å². The van der Waals surface area contributed by atoms with Gasteiger partial charge >= 0.3 is 0 Å². The van der Waals surface area contributed by atoms with Crippen LogP contribution in [0.5, 0.6) is 0 Å². The Balaban J connectivity index is 2.01. The van der Waals surface area contributed by atoms with Crippen LogP contribution in [0.3, 0.4) is 0 Å². The Bertz CT molecular complexity index is 703. The minimum atomic E-state index is -3.63. The van der Waals surface area contributed by atoms with Crippen LogP contribution in [-0.2, 0) is 10.0 Å². The van der Waals surface area contributed by atoms with Gasteiger partial charge in [0.05, 0.1) is 4.90 Å². The van der Waals surface area contributed by atoms with Crippen LogP contribution in [0.1, 0.15) is 6.92 Å². The molecule has 0 saturated carbocycles. The first kappa shape index (κ1) is 16.5. The van der Waals surface area contributed by atoms with E-state index in [0.717, 1.165) is 17.8 Å². The van der Waals surface area contributed by atoms with E-state index in [2.05, 4.69) is 4.72 Å². The number of nitrogens with one attached hydrogen (secondary N) is 1. The number of sulfonamides is 1. The van der Waals surface area contributed by atoms with Gasteiger partial charge in [-0.2, -0.15) is 0 Å². The molecule has 22 heavy (non-hydrogen) atoms. The standard InChI is InChI=1S/C16H19FN2O2S/c1-13(19(2)15-6-4-3-5-7-15)12-18-22(20,21)16-10-8-14(17)9-11-16/h3-11,13,18H,12H2,1-2H3/t13-/m1/s1. The van der Waals surface area contributed by atoms with E-state index in [4.69, 9.17) is 0 Å². The highest BCUT2D eigenvalue weighted by Gasteiger charge is 2.17. The summed E-state index contributed by atoms with van der Waals surface area (Å²) in [5.74, 6) is -0.462. The molecule has 2 aromatic rings. The van der Waals surface area contributed by atoms with Crippen molar-refractivity contribution in [3.8, 4) is 0 Å². The van der Waals surface area contributed by atoms with Crippen LogP contribution in [0, 0.1) is 5.82 Å². The van der Waals surface area contributed by atoms with E-state index in [1.807, 2.05) is 49.2 Å². The van der Waals surface area contributed by atoms with Gasteiger partial charge in [-0.15, -0.1) is 0 Å². The second-order valence-corrected chi connectivity index (χ2v) is 6.87. The summed E-state index contributed by atoms with van der Waals surface area (Å²) in [6.07, 6.45) is 0. The Morgan fingerprint density at radius 2 is 1.68 bits per heavy atom. The molecule has 0 unspecified atom stereocenters. The van der Waals surface area contributed by atoms with Crippen molar-refractivity contribution < 1.29 is 12.8 Å². The zero-order valence-electron chi connectivity index (χ0n) is 12.5. The van der Waals surface area contributed by atoms with Crippen LogP contribution in [0.15, 0.2) is 59.5 Å². The molecule has 0 aliphatic heterocycles. The largest absolute Gasteiger partial charge is 0.371 e. The Kier molecular flexibility index (Phi) is 5.15. The summed E-state index contributed by atoms with van der Waals surface area (Å²) < 4.78 is 39.7. The van der Waals surface area contributed by atoms with Gasteiger partial charge in [-0.1, -0.05) is 18.2 Å².